The van der Waals surface area contributed by atoms with Crippen molar-refractivity contribution in [2.45, 2.75) is 37.4 Å². The monoisotopic (exact) mass is 344 g/mol. The third kappa shape index (κ3) is 4.73. The predicted molar refractivity (Wildman–Crippen MR) is 77.4 cm³/mol. The van der Waals surface area contributed by atoms with E-state index in [1.54, 1.807) is 0 Å². The van der Waals surface area contributed by atoms with E-state index in [4.69, 9.17) is 0 Å². The quantitative estimate of drug-likeness (QED) is 0.732. The summed E-state index contributed by atoms with van der Waals surface area (Å²) in [4.78, 5) is 2.36. The molecule has 0 amide bonds. The molecular weight excluding hydrogens is 313 g/mol. The van der Waals surface area contributed by atoms with E-state index < -0.39 is 21.7 Å². The summed E-state index contributed by atoms with van der Waals surface area (Å²) in [5.74, 6) is 0. The van der Waals surface area contributed by atoms with Gasteiger partial charge in [-0.3, -0.25) is 0 Å². The first kappa shape index (κ1) is 15.8. The van der Waals surface area contributed by atoms with Gasteiger partial charge < -0.3 is 0 Å². The molecule has 0 spiro atoms. The summed E-state index contributed by atoms with van der Waals surface area (Å²) in [6, 6.07) is 0.751. The molecule has 1 atom stereocenters. The first-order valence-corrected chi connectivity index (χ1v) is 13.6. The molecule has 1 unspecified atom stereocenters. The fraction of sp³-hybridized carbons (Fsp3) is 1.00. The molecule has 17 heavy (non-hydrogen) atoms. The van der Waals surface area contributed by atoms with Crippen LogP contribution in [0.15, 0.2) is 0 Å². The average molecular weight is 344 g/mol. The van der Waals surface area contributed by atoms with E-state index in [0.29, 0.717) is 0 Å². The van der Waals surface area contributed by atoms with Crippen molar-refractivity contribution < 1.29 is 4.48 Å². The summed E-state index contributed by atoms with van der Waals surface area (Å²) in [5, 5.41) is 0. The van der Waals surface area contributed by atoms with Crippen LogP contribution < -0.4 is 3.30 Å². The molecule has 0 aromatic heterocycles. The molecule has 4 heteroatoms. The van der Waals surface area contributed by atoms with E-state index in [1.807, 2.05) is 0 Å². The van der Waals surface area contributed by atoms with Crippen LogP contribution in [-0.2, 0) is 0 Å². The Balaban J connectivity index is 2.39. The zero-order chi connectivity index (χ0) is 12.9. The minimum atomic E-state index is -1.41. The van der Waals surface area contributed by atoms with Gasteiger partial charge in [-0.2, -0.15) is 0 Å². The van der Waals surface area contributed by atoms with Crippen LogP contribution in [0.3, 0.4) is 0 Å². The minimum absolute atomic E-state index is 0.751. The molecule has 1 fully saturated rings. The summed E-state index contributed by atoms with van der Waals surface area (Å²) < 4.78 is 8.38. The van der Waals surface area contributed by atoms with Gasteiger partial charge in [0, 0.05) is 0 Å². The van der Waals surface area contributed by atoms with E-state index in [2.05, 4.69) is 43.1 Å². The third-order valence-electron chi connectivity index (χ3n) is 4.78. The van der Waals surface area contributed by atoms with E-state index in [-0.39, 0.29) is 0 Å². The van der Waals surface area contributed by atoms with E-state index in [9.17, 15) is 0 Å². The van der Waals surface area contributed by atoms with Crippen molar-refractivity contribution in [2.75, 3.05) is 44.6 Å². The number of quaternary nitrogens is 1. The summed E-state index contributed by atoms with van der Waals surface area (Å²) in [7, 11) is 4.40. The molecule has 0 radical (unpaired) electrons. The van der Waals surface area contributed by atoms with Gasteiger partial charge in [-0.05, 0) is 0 Å². The van der Waals surface area contributed by atoms with Gasteiger partial charge in [-0.25, -0.2) is 0 Å². The Kier molecular flexibility index (Phi) is 6.85. The van der Waals surface area contributed by atoms with Crippen molar-refractivity contribution in [3.05, 3.63) is 0 Å². The zero-order valence-corrected chi connectivity index (χ0v) is 15.8. The maximum atomic E-state index is 3.91. The van der Waals surface area contributed by atoms with Gasteiger partial charge in [0.15, 0.2) is 0 Å². The molecular formula is C13H31InN3+. The van der Waals surface area contributed by atoms with Crippen LogP contribution in [0.1, 0.15) is 27.2 Å². The van der Waals surface area contributed by atoms with Gasteiger partial charge in [-0.1, -0.05) is 0 Å². The molecule has 0 aliphatic carbocycles. The Labute approximate surface area is 116 Å². The number of nitrogens with zero attached hydrogens (tertiary/aromatic N) is 2. The average Bonchev–Trinajstić information content (AvgIpc) is 2.35. The standard InChI is InChI=1S/C7H17N2.C6H14N.In/c1-4-9(3,5-2)7-6-8;1-5-6(2)7(3)4;/h8H,3-7H2,1-2H3;6H,1,5H2,2-4H3;/q;;+1. The molecule has 1 aliphatic rings. The second-order valence-corrected chi connectivity index (χ2v) is 13.8. The number of nitrogens with one attached hydrogen (secondary N) is 1. The molecule has 3 nitrogen and oxygen atoms in total. The first-order chi connectivity index (χ1) is 8.03. The van der Waals surface area contributed by atoms with Crippen LogP contribution in [0.4, 0.5) is 0 Å². The maximum absolute atomic E-state index is 3.91. The molecule has 0 aromatic rings. The molecule has 1 N–H and O–H groups in total. The van der Waals surface area contributed by atoms with Crippen molar-refractivity contribution in [3.63, 3.8) is 0 Å². The normalized spacial score (nSPS) is 21.9. The Morgan fingerprint density at radius 1 is 1.29 bits per heavy atom. The molecule has 1 heterocycles. The summed E-state index contributed by atoms with van der Waals surface area (Å²) in [5.41, 5.74) is 0. The Morgan fingerprint density at radius 2 is 1.94 bits per heavy atom. The van der Waals surface area contributed by atoms with E-state index in [0.717, 1.165) is 6.04 Å². The van der Waals surface area contributed by atoms with Crippen LogP contribution in [-0.4, -0.2) is 81.7 Å². The zero-order valence-electron chi connectivity index (χ0n) is 12.5. The van der Waals surface area contributed by atoms with Crippen LogP contribution >= 0.6 is 0 Å². The summed E-state index contributed by atoms with van der Waals surface area (Å²) in [6.07, 6.45) is 1.40. The van der Waals surface area contributed by atoms with Crippen LogP contribution in [0.2, 0.25) is 4.18 Å². The number of rotatable bonds is 6. The number of hydrogen-bond acceptors (Lipinski definition) is 2. The second-order valence-electron chi connectivity index (χ2n) is 5.92. The van der Waals surface area contributed by atoms with Crippen molar-refractivity contribution in [2.24, 2.45) is 0 Å². The first-order valence-electron chi connectivity index (χ1n) is 7.28. The number of likely N-dealkylation sites (N-methyl/N-ethyl adjacent to an activating group) is 1. The summed E-state index contributed by atoms with van der Waals surface area (Å²) >= 11 is -1.41. The van der Waals surface area contributed by atoms with Crippen molar-refractivity contribution in [1.82, 2.24) is 8.20 Å². The topological polar surface area (TPSA) is 15.3 Å². The van der Waals surface area contributed by atoms with Gasteiger partial charge in [0.25, 0.3) is 0 Å². The fourth-order valence-corrected chi connectivity index (χ4v) is 13.0. The molecule has 1 aliphatic heterocycles. The molecule has 0 aromatic carbocycles. The van der Waals surface area contributed by atoms with Gasteiger partial charge in [-0.15, -0.1) is 0 Å². The van der Waals surface area contributed by atoms with E-state index in [1.165, 1.54) is 45.6 Å². The van der Waals surface area contributed by atoms with Crippen LogP contribution in [0.5, 0.6) is 0 Å². The van der Waals surface area contributed by atoms with E-state index >= 15 is 0 Å². The molecule has 0 saturated carbocycles. The Morgan fingerprint density at radius 3 is 2.47 bits per heavy atom. The molecule has 0 bridgehead atoms. The molecule has 1 rings (SSSR count). The van der Waals surface area contributed by atoms with Crippen molar-refractivity contribution in [3.8, 4) is 0 Å². The van der Waals surface area contributed by atoms with Gasteiger partial charge in [0.2, 0.25) is 0 Å². The molecule has 100 valence electrons. The van der Waals surface area contributed by atoms with Gasteiger partial charge in [0.05, 0.1) is 0 Å². The van der Waals surface area contributed by atoms with Crippen LogP contribution in [0, 0.1) is 0 Å². The fourth-order valence-electron chi connectivity index (χ4n) is 2.82. The van der Waals surface area contributed by atoms with Gasteiger partial charge in [0.1, 0.15) is 0 Å². The van der Waals surface area contributed by atoms with Crippen LogP contribution in [0.25, 0.3) is 0 Å². The number of hydrogen-bond donors (Lipinski definition) is 1. The SMILES string of the molecule is CC[N+]1(CC)CC[NH][In]([CH2]CC(C)N(C)C)[CH2]1. The Hall–Kier alpha value is 0.750. The second kappa shape index (κ2) is 7.37. The Bertz CT molecular complexity index is 217. The van der Waals surface area contributed by atoms with Gasteiger partial charge >= 0.3 is 116 Å². The van der Waals surface area contributed by atoms with Crippen molar-refractivity contribution >= 4 is 21.7 Å². The third-order valence-corrected chi connectivity index (χ3v) is 13.7. The summed E-state index contributed by atoms with van der Waals surface area (Å²) in [6.45, 7) is 12.4. The predicted octanol–water partition coefficient (Wildman–Crippen LogP) is 1.32. The van der Waals surface area contributed by atoms with Crippen molar-refractivity contribution in [1.29, 1.82) is 0 Å². The molecule has 1 saturated heterocycles.